The number of piperidine rings is 1. The Labute approximate surface area is 180 Å². The van der Waals surface area contributed by atoms with Crippen molar-refractivity contribution in [3.05, 3.63) is 42.5 Å². The van der Waals surface area contributed by atoms with Crippen LogP contribution in [-0.2, 0) is 9.59 Å². The first kappa shape index (κ1) is 22.4. The molecule has 2 aromatic rings. The third-order valence-corrected chi connectivity index (χ3v) is 5.60. The second-order valence-corrected chi connectivity index (χ2v) is 8.28. The van der Waals surface area contributed by atoms with Gasteiger partial charge in [0.15, 0.2) is 0 Å². The lowest BCUT2D eigenvalue weighted by Crippen LogP contribution is -2.58. The SMILES string of the molecule is CC(C)[C@@H](O)C(=O)N1CCC(CC(N)=O)(NC(=O)c2cccc(-n3cncn3)c2)CC1. The first-order valence-corrected chi connectivity index (χ1v) is 10.2. The molecule has 166 valence electrons. The number of aliphatic hydroxyl groups is 1. The summed E-state index contributed by atoms with van der Waals surface area (Å²) < 4.78 is 1.54. The van der Waals surface area contributed by atoms with Gasteiger partial charge < -0.3 is 21.1 Å². The Hall–Kier alpha value is -3.27. The highest BCUT2D eigenvalue weighted by molar-refractivity contribution is 5.95. The normalized spacial score (nSPS) is 16.7. The molecular formula is C21H28N6O4. The minimum Gasteiger partial charge on any atom is -0.383 e. The number of nitrogens with zero attached hydrogens (tertiary/aromatic N) is 4. The number of hydrogen-bond donors (Lipinski definition) is 3. The van der Waals surface area contributed by atoms with Crippen LogP contribution >= 0.6 is 0 Å². The van der Waals surface area contributed by atoms with Crippen LogP contribution in [0.25, 0.3) is 5.69 Å². The molecule has 2 heterocycles. The summed E-state index contributed by atoms with van der Waals surface area (Å²) in [5.74, 6) is -1.40. The summed E-state index contributed by atoms with van der Waals surface area (Å²) in [6.07, 6.45) is 2.56. The third kappa shape index (κ3) is 5.26. The van der Waals surface area contributed by atoms with Crippen molar-refractivity contribution in [3.8, 4) is 5.69 Å². The topological polar surface area (TPSA) is 143 Å². The zero-order chi connectivity index (χ0) is 22.6. The number of likely N-dealkylation sites (tertiary alicyclic amines) is 1. The van der Waals surface area contributed by atoms with Crippen molar-refractivity contribution in [2.75, 3.05) is 13.1 Å². The van der Waals surface area contributed by atoms with Crippen LogP contribution in [0.4, 0.5) is 0 Å². The maximum atomic E-state index is 13.0. The van der Waals surface area contributed by atoms with E-state index in [1.54, 1.807) is 47.7 Å². The number of aliphatic hydroxyl groups excluding tert-OH is 1. The van der Waals surface area contributed by atoms with E-state index in [9.17, 15) is 19.5 Å². The molecule has 3 rings (SSSR count). The van der Waals surface area contributed by atoms with Crippen molar-refractivity contribution in [1.82, 2.24) is 25.0 Å². The second-order valence-electron chi connectivity index (χ2n) is 8.28. The fourth-order valence-corrected chi connectivity index (χ4v) is 3.75. The molecule has 1 aliphatic rings. The molecule has 0 unspecified atom stereocenters. The molecule has 0 saturated carbocycles. The maximum absolute atomic E-state index is 13.0. The molecule has 0 bridgehead atoms. The Bertz CT molecular complexity index is 935. The van der Waals surface area contributed by atoms with Crippen LogP contribution in [0.5, 0.6) is 0 Å². The summed E-state index contributed by atoms with van der Waals surface area (Å²) in [6.45, 7) is 4.18. The molecule has 10 nitrogen and oxygen atoms in total. The van der Waals surface area contributed by atoms with E-state index in [2.05, 4.69) is 15.4 Å². The summed E-state index contributed by atoms with van der Waals surface area (Å²) >= 11 is 0. The molecule has 1 aromatic carbocycles. The number of carbonyl (C=O) groups is 3. The zero-order valence-corrected chi connectivity index (χ0v) is 17.7. The molecule has 4 N–H and O–H groups in total. The number of nitrogens with one attached hydrogen (secondary N) is 1. The molecule has 31 heavy (non-hydrogen) atoms. The van der Waals surface area contributed by atoms with Crippen molar-refractivity contribution in [2.24, 2.45) is 11.7 Å². The fourth-order valence-electron chi connectivity index (χ4n) is 3.75. The number of benzene rings is 1. The van der Waals surface area contributed by atoms with E-state index in [1.807, 2.05) is 0 Å². The molecule has 1 aliphatic heterocycles. The number of primary amides is 1. The highest BCUT2D eigenvalue weighted by Gasteiger charge is 2.40. The molecule has 10 heteroatoms. The van der Waals surface area contributed by atoms with E-state index in [0.29, 0.717) is 37.2 Å². The maximum Gasteiger partial charge on any atom is 0.251 e. The Morgan fingerprint density at radius 1 is 1.26 bits per heavy atom. The first-order chi connectivity index (χ1) is 14.7. The molecule has 0 spiro atoms. The van der Waals surface area contributed by atoms with Gasteiger partial charge in [-0.2, -0.15) is 5.10 Å². The van der Waals surface area contributed by atoms with Gasteiger partial charge in [-0.3, -0.25) is 14.4 Å². The average molecular weight is 428 g/mol. The van der Waals surface area contributed by atoms with Crippen molar-refractivity contribution < 1.29 is 19.5 Å². The van der Waals surface area contributed by atoms with Gasteiger partial charge in [0.05, 0.1) is 11.2 Å². The van der Waals surface area contributed by atoms with Gasteiger partial charge in [-0.15, -0.1) is 0 Å². The molecule has 1 atom stereocenters. The van der Waals surface area contributed by atoms with E-state index in [0.717, 1.165) is 0 Å². The quantitative estimate of drug-likeness (QED) is 0.577. The predicted molar refractivity (Wildman–Crippen MR) is 112 cm³/mol. The molecule has 1 aromatic heterocycles. The molecule has 3 amide bonds. The van der Waals surface area contributed by atoms with Crippen molar-refractivity contribution in [1.29, 1.82) is 0 Å². The van der Waals surface area contributed by atoms with E-state index in [4.69, 9.17) is 5.73 Å². The minimum absolute atomic E-state index is 0.0315. The van der Waals surface area contributed by atoms with Gasteiger partial charge in [-0.1, -0.05) is 19.9 Å². The van der Waals surface area contributed by atoms with Crippen LogP contribution in [0.2, 0.25) is 0 Å². The molecule has 0 aliphatic carbocycles. The minimum atomic E-state index is -1.07. The van der Waals surface area contributed by atoms with Crippen LogP contribution in [0.15, 0.2) is 36.9 Å². The smallest absolute Gasteiger partial charge is 0.251 e. The Kier molecular flexibility index (Phi) is 6.69. The van der Waals surface area contributed by atoms with Crippen molar-refractivity contribution in [2.45, 2.75) is 44.8 Å². The van der Waals surface area contributed by atoms with Gasteiger partial charge in [0, 0.05) is 25.1 Å². The summed E-state index contributed by atoms with van der Waals surface area (Å²) in [5.41, 5.74) is 5.69. The van der Waals surface area contributed by atoms with E-state index < -0.39 is 17.6 Å². The molecular weight excluding hydrogens is 400 g/mol. The number of carbonyl (C=O) groups excluding carboxylic acids is 3. The molecule has 1 fully saturated rings. The van der Waals surface area contributed by atoms with Crippen LogP contribution in [0.3, 0.4) is 0 Å². The predicted octanol–water partition coefficient (Wildman–Crippen LogP) is 0.251. The van der Waals surface area contributed by atoms with Gasteiger partial charge in [-0.05, 0) is 37.0 Å². The monoisotopic (exact) mass is 428 g/mol. The standard InChI is InChI=1S/C21H28N6O4/c1-14(2)18(29)20(31)26-8-6-21(7-9-26,11-17(22)28)25-19(30)15-4-3-5-16(10-15)27-13-23-12-24-27/h3-5,10,12-14,18,29H,6-9,11H2,1-2H3,(H2,22,28)(H,25,30)/t18-/m1/s1. The van der Waals surface area contributed by atoms with Crippen LogP contribution in [-0.4, -0.2) is 67.2 Å². The average Bonchev–Trinajstić information content (AvgIpc) is 3.27. The van der Waals surface area contributed by atoms with Gasteiger partial charge in [0.25, 0.3) is 11.8 Å². The summed E-state index contributed by atoms with van der Waals surface area (Å²) in [6, 6.07) is 6.89. The van der Waals surface area contributed by atoms with Crippen LogP contribution in [0.1, 0.15) is 43.5 Å². The van der Waals surface area contributed by atoms with Gasteiger partial charge in [-0.25, -0.2) is 9.67 Å². The van der Waals surface area contributed by atoms with Crippen molar-refractivity contribution in [3.63, 3.8) is 0 Å². The number of amides is 3. The number of hydrogen-bond acceptors (Lipinski definition) is 6. The second kappa shape index (κ2) is 9.25. The van der Waals surface area contributed by atoms with E-state index in [-0.39, 0.29) is 24.2 Å². The summed E-state index contributed by atoms with van der Waals surface area (Å²) in [5, 5.41) is 17.1. The van der Waals surface area contributed by atoms with E-state index in [1.165, 1.54) is 12.7 Å². The van der Waals surface area contributed by atoms with Gasteiger partial charge >= 0.3 is 0 Å². The Balaban J connectivity index is 1.74. The van der Waals surface area contributed by atoms with Crippen LogP contribution < -0.4 is 11.1 Å². The highest BCUT2D eigenvalue weighted by Crippen LogP contribution is 2.27. The lowest BCUT2D eigenvalue weighted by atomic mass is 9.83. The van der Waals surface area contributed by atoms with E-state index >= 15 is 0 Å². The third-order valence-electron chi connectivity index (χ3n) is 5.60. The fraction of sp³-hybridized carbons (Fsp3) is 0.476. The number of aromatic nitrogens is 3. The Morgan fingerprint density at radius 3 is 2.55 bits per heavy atom. The first-order valence-electron chi connectivity index (χ1n) is 10.2. The largest absolute Gasteiger partial charge is 0.383 e. The zero-order valence-electron chi connectivity index (χ0n) is 17.7. The Morgan fingerprint density at radius 2 is 1.97 bits per heavy atom. The lowest BCUT2D eigenvalue weighted by Gasteiger charge is -2.42. The van der Waals surface area contributed by atoms with Crippen molar-refractivity contribution >= 4 is 17.7 Å². The van der Waals surface area contributed by atoms with Gasteiger partial charge in [0.2, 0.25) is 5.91 Å². The summed E-state index contributed by atoms with van der Waals surface area (Å²) in [7, 11) is 0. The van der Waals surface area contributed by atoms with Crippen LogP contribution in [0, 0.1) is 5.92 Å². The number of rotatable bonds is 7. The summed E-state index contributed by atoms with van der Waals surface area (Å²) in [4.78, 5) is 42.7. The lowest BCUT2D eigenvalue weighted by molar-refractivity contribution is -0.144. The number of nitrogens with two attached hydrogens (primary N) is 1. The molecule has 0 radical (unpaired) electrons. The highest BCUT2D eigenvalue weighted by atomic mass is 16.3. The van der Waals surface area contributed by atoms with Gasteiger partial charge in [0.1, 0.15) is 18.8 Å². The molecule has 1 saturated heterocycles.